The fraction of sp³-hybridized carbons (Fsp3) is 0.917. The summed E-state index contributed by atoms with van der Waals surface area (Å²) in [6, 6.07) is 0.411. The third-order valence-corrected chi connectivity index (χ3v) is 2.95. The third kappa shape index (κ3) is 5.78. The predicted octanol–water partition coefficient (Wildman–Crippen LogP) is 1.82. The number of unbranched alkanes of at least 4 members (excludes halogenated alkanes) is 3. The average molecular weight is 212 g/mol. The lowest BCUT2D eigenvalue weighted by Gasteiger charge is -2.14. The van der Waals surface area contributed by atoms with Crippen LogP contribution in [0.1, 0.15) is 51.9 Å². The Hall–Kier alpha value is -0.570. The lowest BCUT2D eigenvalue weighted by atomic mass is 10.1. The largest absolute Gasteiger partial charge is 0.356 e. The number of carbonyl (C=O) groups is 1. The molecular formula is C12H24N2O. The van der Waals surface area contributed by atoms with Gasteiger partial charge in [0.15, 0.2) is 0 Å². The van der Waals surface area contributed by atoms with Crippen LogP contribution in [0.2, 0.25) is 0 Å². The van der Waals surface area contributed by atoms with Crippen molar-refractivity contribution < 1.29 is 4.79 Å². The van der Waals surface area contributed by atoms with Crippen LogP contribution in [0.3, 0.4) is 0 Å². The van der Waals surface area contributed by atoms with Crippen molar-refractivity contribution in [3.05, 3.63) is 0 Å². The van der Waals surface area contributed by atoms with Crippen molar-refractivity contribution >= 4 is 5.91 Å². The van der Waals surface area contributed by atoms with E-state index in [0.29, 0.717) is 12.5 Å². The van der Waals surface area contributed by atoms with Crippen molar-refractivity contribution in [3.8, 4) is 0 Å². The lowest BCUT2D eigenvalue weighted by molar-refractivity contribution is -0.121. The Labute approximate surface area is 93.0 Å². The molecule has 0 aromatic heterocycles. The van der Waals surface area contributed by atoms with Crippen molar-refractivity contribution in [2.45, 2.75) is 57.9 Å². The molecule has 3 nitrogen and oxygen atoms in total. The van der Waals surface area contributed by atoms with Crippen LogP contribution in [0.5, 0.6) is 0 Å². The smallest absolute Gasteiger partial charge is 0.221 e. The lowest BCUT2D eigenvalue weighted by Crippen LogP contribution is -2.33. The van der Waals surface area contributed by atoms with Crippen molar-refractivity contribution in [1.29, 1.82) is 0 Å². The molecule has 0 aliphatic carbocycles. The first-order chi connectivity index (χ1) is 7.33. The summed E-state index contributed by atoms with van der Waals surface area (Å²) >= 11 is 0. The molecule has 0 saturated carbocycles. The Kier molecular flexibility index (Phi) is 6.41. The summed E-state index contributed by atoms with van der Waals surface area (Å²) in [5.41, 5.74) is 0. The number of nitrogens with one attached hydrogen (secondary N) is 2. The minimum atomic E-state index is 0.207. The van der Waals surface area contributed by atoms with Gasteiger partial charge in [0.2, 0.25) is 5.91 Å². The summed E-state index contributed by atoms with van der Waals surface area (Å²) < 4.78 is 0. The molecule has 1 amide bonds. The van der Waals surface area contributed by atoms with Crippen molar-refractivity contribution in [2.75, 3.05) is 13.1 Å². The molecule has 0 radical (unpaired) electrons. The zero-order valence-corrected chi connectivity index (χ0v) is 9.85. The molecule has 1 heterocycles. The Morgan fingerprint density at radius 3 is 3.07 bits per heavy atom. The van der Waals surface area contributed by atoms with E-state index >= 15 is 0 Å². The van der Waals surface area contributed by atoms with Gasteiger partial charge in [0, 0.05) is 19.0 Å². The van der Waals surface area contributed by atoms with Crippen LogP contribution >= 0.6 is 0 Å². The molecule has 1 saturated heterocycles. The molecule has 0 aromatic carbocycles. The van der Waals surface area contributed by atoms with Gasteiger partial charge in [-0.05, 0) is 25.8 Å². The second-order valence-corrected chi connectivity index (χ2v) is 4.41. The van der Waals surface area contributed by atoms with E-state index in [1.54, 1.807) is 0 Å². The molecule has 1 unspecified atom stereocenters. The molecular weight excluding hydrogens is 188 g/mol. The van der Waals surface area contributed by atoms with Crippen LogP contribution in [-0.2, 0) is 4.79 Å². The van der Waals surface area contributed by atoms with Gasteiger partial charge in [-0.25, -0.2) is 0 Å². The number of rotatable bonds is 6. The topological polar surface area (TPSA) is 41.1 Å². The molecule has 1 aliphatic rings. The molecule has 0 spiro atoms. The van der Waals surface area contributed by atoms with Crippen LogP contribution < -0.4 is 10.6 Å². The summed E-state index contributed by atoms with van der Waals surface area (Å²) in [5.74, 6) is 0.207. The van der Waals surface area contributed by atoms with Gasteiger partial charge in [-0.3, -0.25) is 4.79 Å². The molecule has 15 heavy (non-hydrogen) atoms. The molecule has 1 atom stereocenters. The van der Waals surface area contributed by atoms with E-state index in [9.17, 15) is 4.79 Å². The molecule has 1 rings (SSSR count). The first-order valence-corrected chi connectivity index (χ1v) is 6.33. The van der Waals surface area contributed by atoms with E-state index in [4.69, 9.17) is 0 Å². The van der Waals surface area contributed by atoms with Crippen LogP contribution in [0.15, 0.2) is 0 Å². The molecule has 0 aromatic rings. The van der Waals surface area contributed by atoms with Crippen LogP contribution in [-0.4, -0.2) is 25.0 Å². The monoisotopic (exact) mass is 212 g/mol. The highest BCUT2D eigenvalue weighted by Gasteiger charge is 2.15. The minimum absolute atomic E-state index is 0.207. The highest BCUT2D eigenvalue weighted by Crippen LogP contribution is 2.06. The second kappa shape index (κ2) is 7.69. The molecule has 88 valence electrons. The fourth-order valence-electron chi connectivity index (χ4n) is 2.01. The highest BCUT2D eigenvalue weighted by atomic mass is 16.1. The summed E-state index contributed by atoms with van der Waals surface area (Å²) in [7, 11) is 0. The van der Waals surface area contributed by atoms with Gasteiger partial charge in [-0.1, -0.05) is 26.2 Å². The Morgan fingerprint density at radius 1 is 1.40 bits per heavy atom. The number of amides is 1. The molecule has 1 aliphatic heterocycles. The van der Waals surface area contributed by atoms with E-state index in [1.807, 2.05) is 0 Å². The van der Waals surface area contributed by atoms with Crippen molar-refractivity contribution in [1.82, 2.24) is 10.6 Å². The Balaban J connectivity index is 2.06. The van der Waals surface area contributed by atoms with Gasteiger partial charge >= 0.3 is 0 Å². The summed E-state index contributed by atoms with van der Waals surface area (Å²) in [4.78, 5) is 11.3. The van der Waals surface area contributed by atoms with E-state index < -0.39 is 0 Å². The van der Waals surface area contributed by atoms with Crippen LogP contribution in [0, 0.1) is 0 Å². The zero-order valence-electron chi connectivity index (χ0n) is 9.85. The fourth-order valence-corrected chi connectivity index (χ4v) is 2.01. The van der Waals surface area contributed by atoms with Crippen molar-refractivity contribution in [2.24, 2.45) is 0 Å². The van der Waals surface area contributed by atoms with E-state index in [2.05, 4.69) is 17.6 Å². The summed E-state index contributed by atoms with van der Waals surface area (Å²) in [6.45, 7) is 4.15. The highest BCUT2D eigenvalue weighted by molar-refractivity contribution is 5.76. The van der Waals surface area contributed by atoms with Gasteiger partial charge in [-0.2, -0.15) is 0 Å². The maximum Gasteiger partial charge on any atom is 0.221 e. The standard InChI is InChI=1S/C12H24N2O/c1-2-3-4-5-8-13-11-7-6-9-14-12(15)10-11/h11,13H,2-10H2,1H3,(H,14,15). The zero-order chi connectivity index (χ0) is 10.9. The SMILES string of the molecule is CCCCCCNC1CCCNC(=O)C1. The maximum absolute atomic E-state index is 11.3. The van der Waals surface area contributed by atoms with Crippen LogP contribution in [0.4, 0.5) is 0 Å². The predicted molar refractivity (Wildman–Crippen MR) is 62.8 cm³/mol. The summed E-state index contributed by atoms with van der Waals surface area (Å²) in [6.07, 6.45) is 8.06. The Morgan fingerprint density at radius 2 is 2.27 bits per heavy atom. The van der Waals surface area contributed by atoms with Gasteiger partial charge in [0.25, 0.3) is 0 Å². The van der Waals surface area contributed by atoms with Gasteiger partial charge in [0.1, 0.15) is 0 Å². The quantitative estimate of drug-likeness (QED) is 0.659. The van der Waals surface area contributed by atoms with E-state index in [0.717, 1.165) is 25.9 Å². The number of hydrogen-bond donors (Lipinski definition) is 2. The number of carbonyl (C=O) groups excluding carboxylic acids is 1. The normalized spacial score (nSPS) is 22.2. The van der Waals surface area contributed by atoms with Gasteiger partial charge in [0.05, 0.1) is 0 Å². The van der Waals surface area contributed by atoms with E-state index in [-0.39, 0.29) is 5.91 Å². The molecule has 2 N–H and O–H groups in total. The van der Waals surface area contributed by atoms with E-state index in [1.165, 1.54) is 25.7 Å². The number of hydrogen-bond acceptors (Lipinski definition) is 2. The van der Waals surface area contributed by atoms with Gasteiger partial charge < -0.3 is 10.6 Å². The maximum atomic E-state index is 11.3. The molecule has 1 fully saturated rings. The van der Waals surface area contributed by atoms with Crippen LogP contribution in [0.25, 0.3) is 0 Å². The molecule has 3 heteroatoms. The van der Waals surface area contributed by atoms with Crippen molar-refractivity contribution in [3.63, 3.8) is 0 Å². The summed E-state index contributed by atoms with van der Waals surface area (Å²) in [5, 5.41) is 6.40. The minimum Gasteiger partial charge on any atom is -0.356 e. The Bertz CT molecular complexity index is 182. The third-order valence-electron chi connectivity index (χ3n) is 2.95. The van der Waals surface area contributed by atoms with Gasteiger partial charge in [-0.15, -0.1) is 0 Å². The average Bonchev–Trinajstić information content (AvgIpc) is 2.43. The first-order valence-electron chi connectivity index (χ1n) is 6.33. The first kappa shape index (κ1) is 12.5. The second-order valence-electron chi connectivity index (χ2n) is 4.41. The molecule has 0 bridgehead atoms.